The summed E-state index contributed by atoms with van der Waals surface area (Å²) in [6.07, 6.45) is -0.294. The van der Waals surface area contributed by atoms with Gasteiger partial charge in [0.1, 0.15) is 0 Å². The van der Waals surface area contributed by atoms with E-state index >= 15 is 0 Å². The first kappa shape index (κ1) is 8.86. The van der Waals surface area contributed by atoms with Gasteiger partial charge in [0.25, 0.3) is 0 Å². The minimum Gasteiger partial charge on any atom is -0.393 e. The van der Waals surface area contributed by atoms with Crippen LogP contribution < -0.4 is 0 Å². The van der Waals surface area contributed by atoms with Gasteiger partial charge in [-0.2, -0.15) is 0 Å². The predicted molar refractivity (Wildman–Crippen MR) is 38.4 cm³/mol. The molecule has 2 atom stereocenters. The summed E-state index contributed by atoms with van der Waals surface area (Å²) >= 11 is 0. The molecule has 0 radical (unpaired) electrons. The van der Waals surface area contributed by atoms with Crippen molar-refractivity contribution in [1.82, 2.24) is 0 Å². The second-order valence-electron chi connectivity index (χ2n) is 3.21. The zero-order valence-electron chi connectivity index (χ0n) is 7.02. The molecule has 0 amide bonds. The van der Waals surface area contributed by atoms with Crippen LogP contribution in [-0.2, 0) is 28.7 Å². The van der Waals surface area contributed by atoms with Gasteiger partial charge in [0.2, 0.25) is 0 Å². The maximum atomic E-state index is 11.1. The highest BCUT2D eigenvalue weighted by molar-refractivity contribution is 6.01. The van der Waals surface area contributed by atoms with Crippen LogP contribution in [0.3, 0.4) is 0 Å². The third kappa shape index (κ3) is 1.28. The maximum Gasteiger partial charge on any atom is 0.318 e. The van der Waals surface area contributed by atoms with E-state index in [2.05, 4.69) is 9.47 Å². The summed E-state index contributed by atoms with van der Waals surface area (Å²) in [4.78, 5) is 43.6. The molecule has 2 saturated heterocycles. The van der Waals surface area contributed by atoms with Crippen LogP contribution in [0.25, 0.3) is 0 Å². The fraction of sp³-hybridized carbons (Fsp3) is 0.500. The van der Waals surface area contributed by atoms with Crippen LogP contribution in [0.5, 0.6) is 0 Å². The van der Waals surface area contributed by atoms with Gasteiger partial charge in [-0.05, 0) is 0 Å². The standard InChI is InChI=1S/C8H6O6/c9-5-1-3(7(11)13-5)4-2-6(10)14-8(4)12/h3-4H,1-2H2. The van der Waals surface area contributed by atoms with Crippen molar-refractivity contribution in [2.75, 3.05) is 0 Å². The summed E-state index contributed by atoms with van der Waals surface area (Å²) in [5, 5.41) is 0. The van der Waals surface area contributed by atoms with Crippen molar-refractivity contribution >= 4 is 23.9 Å². The van der Waals surface area contributed by atoms with Crippen molar-refractivity contribution in [3.8, 4) is 0 Å². The molecular weight excluding hydrogens is 192 g/mol. The molecule has 0 N–H and O–H groups in total. The summed E-state index contributed by atoms with van der Waals surface area (Å²) < 4.78 is 8.55. The average molecular weight is 198 g/mol. The summed E-state index contributed by atoms with van der Waals surface area (Å²) in [6, 6.07) is 0. The fourth-order valence-electron chi connectivity index (χ4n) is 1.60. The average Bonchev–Trinajstić information content (AvgIpc) is 2.55. The second-order valence-corrected chi connectivity index (χ2v) is 3.21. The van der Waals surface area contributed by atoms with Gasteiger partial charge in [0.15, 0.2) is 0 Å². The van der Waals surface area contributed by atoms with Gasteiger partial charge in [-0.25, -0.2) is 0 Å². The molecule has 2 heterocycles. The van der Waals surface area contributed by atoms with Crippen LogP contribution in [0.4, 0.5) is 0 Å². The Labute approximate surface area is 78.2 Å². The van der Waals surface area contributed by atoms with E-state index in [4.69, 9.17) is 0 Å². The molecular formula is C8H6O6. The van der Waals surface area contributed by atoms with Gasteiger partial charge in [0.05, 0.1) is 24.7 Å². The lowest BCUT2D eigenvalue weighted by atomic mass is 9.90. The molecule has 0 aromatic carbocycles. The fourth-order valence-corrected chi connectivity index (χ4v) is 1.60. The van der Waals surface area contributed by atoms with Crippen molar-refractivity contribution in [2.24, 2.45) is 11.8 Å². The highest BCUT2D eigenvalue weighted by atomic mass is 16.6. The van der Waals surface area contributed by atoms with Crippen molar-refractivity contribution in [1.29, 1.82) is 0 Å². The quantitative estimate of drug-likeness (QED) is 0.403. The maximum absolute atomic E-state index is 11.1. The van der Waals surface area contributed by atoms with E-state index in [0.717, 1.165) is 0 Å². The number of carbonyl (C=O) groups excluding carboxylic acids is 4. The van der Waals surface area contributed by atoms with Crippen LogP contribution in [0.2, 0.25) is 0 Å². The summed E-state index contributed by atoms with van der Waals surface area (Å²) in [6.45, 7) is 0. The van der Waals surface area contributed by atoms with E-state index in [9.17, 15) is 19.2 Å². The van der Waals surface area contributed by atoms with Crippen molar-refractivity contribution in [2.45, 2.75) is 12.8 Å². The lowest BCUT2D eigenvalue weighted by Gasteiger charge is -2.06. The molecule has 0 spiro atoms. The third-order valence-corrected chi connectivity index (χ3v) is 2.29. The SMILES string of the molecule is O=C1CC(C2CC(=O)OC2=O)C(=O)O1. The first-order valence-electron chi connectivity index (χ1n) is 4.07. The van der Waals surface area contributed by atoms with Crippen LogP contribution in [0, 0.1) is 11.8 Å². The van der Waals surface area contributed by atoms with Crippen LogP contribution >= 0.6 is 0 Å². The minimum absolute atomic E-state index is 0.147. The Hall–Kier alpha value is -1.72. The van der Waals surface area contributed by atoms with E-state index < -0.39 is 35.7 Å². The first-order chi connectivity index (χ1) is 6.58. The Bertz CT molecular complexity index is 310. The molecule has 2 unspecified atom stereocenters. The number of hydrogen-bond donors (Lipinski definition) is 0. The highest BCUT2D eigenvalue weighted by Crippen LogP contribution is 2.31. The number of carbonyl (C=O) groups is 4. The summed E-state index contributed by atoms with van der Waals surface area (Å²) in [5.41, 5.74) is 0. The molecule has 2 rings (SSSR count). The Morgan fingerprint density at radius 1 is 0.786 bits per heavy atom. The largest absolute Gasteiger partial charge is 0.393 e. The van der Waals surface area contributed by atoms with E-state index in [1.807, 2.05) is 0 Å². The number of esters is 4. The van der Waals surface area contributed by atoms with E-state index in [0.29, 0.717) is 0 Å². The molecule has 0 saturated carbocycles. The molecule has 0 aliphatic carbocycles. The van der Waals surface area contributed by atoms with Crippen LogP contribution in [-0.4, -0.2) is 23.9 Å². The first-order valence-corrected chi connectivity index (χ1v) is 4.07. The molecule has 2 fully saturated rings. The smallest absolute Gasteiger partial charge is 0.318 e. The number of rotatable bonds is 1. The third-order valence-electron chi connectivity index (χ3n) is 2.29. The van der Waals surface area contributed by atoms with Crippen molar-refractivity contribution < 1.29 is 28.7 Å². The van der Waals surface area contributed by atoms with Crippen LogP contribution in [0.15, 0.2) is 0 Å². The molecule has 74 valence electrons. The number of hydrogen-bond acceptors (Lipinski definition) is 6. The summed E-state index contributed by atoms with van der Waals surface area (Å²) in [5.74, 6) is -4.50. The Morgan fingerprint density at radius 2 is 1.14 bits per heavy atom. The zero-order valence-corrected chi connectivity index (χ0v) is 7.02. The topological polar surface area (TPSA) is 86.7 Å². The Balaban J connectivity index is 2.16. The van der Waals surface area contributed by atoms with Crippen molar-refractivity contribution in [3.05, 3.63) is 0 Å². The number of ether oxygens (including phenoxy) is 2. The second kappa shape index (κ2) is 2.90. The summed E-state index contributed by atoms with van der Waals surface area (Å²) in [7, 11) is 0. The zero-order chi connectivity index (χ0) is 10.3. The van der Waals surface area contributed by atoms with Gasteiger partial charge in [-0.1, -0.05) is 0 Å². The Kier molecular flexibility index (Phi) is 1.83. The lowest BCUT2D eigenvalue weighted by Crippen LogP contribution is -2.23. The molecule has 2 aliphatic heterocycles. The molecule has 0 bridgehead atoms. The molecule has 6 nitrogen and oxygen atoms in total. The molecule has 0 aromatic heterocycles. The van der Waals surface area contributed by atoms with Crippen LogP contribution in [0.1, 0.15) is 12.8 Å². The van der Waals surface area contributed by atoms with Gasteiger partial charge >= 0.3 is 23.9 Å². The van der Waals surface area contributed by atoms with Gasteiger partial charge in [-0.15, -0.1) is 0 Å². The normalized spacial score (nSPS) is 32.0. The number of cyclic esters (lactones) is 4. The molecule has 2 aliphatic rings. The van der Waals surface area contributed by atoms with Crippen molar-refractivity contribution in [3.63, 3.8) is 0 Å². The molecule has 14 heavy (non-hydrogen) atoms. The Morgan fingerprint density at radius 3 is 1.36 bits per heavy atom. The molecule has 6 heteroatoms. The van der Waals surface area contributed by atoms with Gasteiger partial charge in [-0.3, -0.25) is 19.2 Å². The highest BCUT2D eigenvalue weighted by Gasteiger charge is 2.48. The monoisotopic (exact) mass is 198 g/mol. The van der Waals surface area contributed by atoms with Gasteiger partial charge in [0, 0.05) is 0 Å². The van der Waals surface area contributed by atoms with Gasteiger partial charge < -0.3 is 9.47 Å². The minimum atomic E-state index is -0.846. The van der Waals surface area contributed by atoms with E-state index in [-0.39, 0.29) is 12.8 Å². The van der Waals surface area contributed by atoms with E-state index in [1.54, 1.807) is 0 Å². The predicted octanol–water partition coefficient (Wildman–Crippen LogP) is -0.834. The van der Waals surface area contributed by atoms with E-state index in [1.165, 1.54) is 0 Å². The lowest BCUT2D eigenvalue weighted by molar-refractivity contribution is -0.158. The molecule has 0 aromatic rings.